The van der Waals surface area contributed by atoms with Crippen molar-refractivity contribution < 1.29 is 13.6 Å². The van der Waals surface area contributed by atoms with E-state index in [0.29, 0.717) is 42.2 Å². The summed E-state index contributed by atoms with van der Waals surface area (Å²) in [6.07, 6.45) is 1.43. The summed E-state index contributed by atoms with van der Waals surface area (Å²) in [6.45, 7) is 1.44. The van der Waals surface area contributed by atoms with Crippen LogP contribution in [0.5, 0.6) is 0 Å². The van der Waals surface area contributed by atoms with Crippen LogP contribution < -0.4 is 15.8 Å². The number of amides is 1. The lowest BCUT2D eigenvalue weighted by Gasteiger charge is -2.34. The molecule has 0 spiro atoms. The van der Waals surface area contributed by atoms with Crippen LogP contribution in [0.1, 0.15) is 24.0 Å². The zero-order chi connectivity index (χ0) is 24.4. The first-order valence-electron chi connectivity index (χ1n) is 11.5. The molecule has 2 aromatic carbocycles. The molecular formula is C26H24F2N4O2S. The molecule has 2 aromatic heterocycles. The number of carbonyl (C=O) groups excluding carboxylic acids is 1. The summed E-state index contributed by atoms with van der Waals surface area (Å²) in [7, 11) is 0. The number of piperidine rings is 1. The van der Waals surface area contributed by atoms with E-state index >= 15 is 0 Å². The largest absolute Gasteiger partial charge is 0.352 e. The molecule has 5 rings (SSSR count). The molecule has 1 N–H and O–H groups in total. The van der Waals surface area contributed by atoms with Crippen LogP contribution >= 0.6 is 11.3 Å². The van der Waals surface area contributed by atoms with Gasteiger partial charge in [0.1, 0.15) is 16.3 Å². The van der Waals surface area contributed by atoms with Crippen molar-refractivity contribution in [1.29, 1.82) is 0 Å². The van der Waals surface area contributed by atoms with Gasteiger partial charge in [-0.3, -0.25) is 14.2 Å². The second-order valence-electron chi connectivity index (χ2n) is 8.66. The number of hydrogen-bond donors (Lipinski definition) is 1. The van der Waals surface area contributed by atoms with Crippen molar-refractivity contribution in [2.24, 2.45) is 5.92 Å². The number of nitrogens with one attached hydrogen (secondary N) is 1. The second-order valence-corrected chi connectivity index (χ2v) is 9.58. The lowest BCUT2D eigenvalue weighted by Crippen LogP contribution is -2.45. The molecule has 35 heavy (non-hydrogen) atoms. The molecule has 1 fully saturated rings. The Hall–Kier alpha value is -3.59. The van der Waals surface area contributed by atoms with Crippen LogP contribution in [0.3, 0.4) is 0 Å². The number of nitrogens with zero attached hydrogens (tertiary/aromatic N) is 3. The van der Waals surface area contributed by atoms with Crippen LogP contribution in [0.4, 0.5) is 14.7 Å². The molecule has 1 atom stereocenters. The summed E-state index contributed by atoms with van der Waals surface area (Å²) in [6, 6.07) is 14.9. The first-order valence-corrected chi connectivity index (χ1v) is 12.4. The third-order valence-electron chi connectivity index (χ3n) is 6.27. The van der Waals surface area contributed by atoms with E-state index in [1.807, 2.05) is 46.7 Å². The first-order chi connectivity index (χ1) is 17.0. The van der Waals surface area contributed by atoms with Crippen molar-refractivity contribution in [3.63, 3.8) is 0 Å². The summed E-state index contributed by atoms with van der Waals surface area (Å²) in [4.78, 5) is 33.1. The molecule has 0 bridgehead atoms. The van der Waals surface area contributed by atoms with Gasteiger partial charge in [0.25, 0.3) is 5.56 Å². The number of carbonyl (C=O) groups is 1. The molecule has 1 aliphatic rings. The molecule has 4 aromatic rings. The van der Waals surface area contributed by atoms with Crippen LogP contribution in [0, 0.1) is 17.6 Å². The fraction of sp³-hybridized carbons (Fsp3) is 0.269. The van der Waals surface area contributed by atoms with Crippen molar-refractivity contribution >= 4 is 33.4 Å². The lowest BCUT2D eigenvalue weighted by atomic mass is 9.97. The van der Waals surface area contributed by atoms with Crippen molar-refractivity contribution in [3.05, 3.63) is 93.1 Å². The molecule has 3 heterocycles. The molecule has 0 radical (unpaired) electrons. The van der Waals surface area contributed by atoms with E-state index in [0.717, 1.165) is 18.1 Å². The van der Waals surface area contributed by atoms with Gasteiger partial charge in [0.2, 0.25) is 11.9 Å². The minimum atomic E-state index is -0.686. The van der Waals surface area contributed by atoms with Crippen molar-refractivity contribution in [1.82, 2.24) is 14.9 Å². The summed E-state index contributed by atoms with van der Waals surface area (Å²) in [5.41, 5.74) is 1.77. The Morgan fingerprint density at radius 1 is 1.14 bits per heavy atom. The van der Waals surface area contributed by atoms with Crippen LogP contribution in [-0.4, -0.2) is 28.5 Å². The number of halogens is 2. The smallest absolute Gasteiger partial charge is 0.273 e. The highest BCUT2D eigenvalue weighted by Gasteiger charge is 2.29. The molecule has 0 unspecified atom stereocenters. The SMILES string of the molecule is O=C(NCc1ccc(F)cc1F)[C@@H]1CCCN(c2nc3ccsc3c(=O)n2Cc2ccccc2)C1. The van der Waals surface area contributed by atoms with Crippen LogP contribution in [-0.2, 0) is 17.9 Å². The van der Waals surface area contributed by atoms with E-state index in [1.165, 1.54) is 23.5 Å². The fourth-order valence-corrected chi connectivity index (χ4v) is 5.22. The monoisotopic (exact) mass is 494 g/mol. The second kappa shape index (κ2) is 9.95. The standard InChI is InChI=1S/C26H24F2N4O2S/c27-20-9-8-18(21(28)13-20)14-29-24(33)19-7-4-11-31(16-19)26-30-22-10-12-35-23(22)25(34)32(26)15-17-5-2-1-3-6-17/h1-3,5-6,8-10,12-13,19H,4,7,11,14-16H2,(H,29,33)/t19-/m1/s1. The molecule has 1 saturated heterocycles. The number of rotatable bonds is 6. The molecule has 6 nitrogen and oxygen atoms in total. The van der Waals surface area contributed by atoms with E-state index in [4.69, 9.17) is 4.98 Å². The Balaban J connectivity index is 1.38. The topological polar surface area (TPSA) is 67.2 Å². The molecule has 1 amide bonds. The van der Waals surface area contributed by atoms with Gasteiger partial charge in [-0.1, -0.05) is 36.4 Å². The first kappa shape index (κ1) is 23.2. The van der Waals surface area contributed by atoms with E-state index in [-0.39, 0.29) is 29.5 Å². The Morgan fingerprint density at radius 3 is 2.77 bits per heavy atom. The van der Waals surface area contributed by atoms with Gasteiger partial charge in [0.15, 0.2) is 0 Å². The summed E-state index contributed by atoms with van der Waals surface area (Å²) in [5, 5.41) is 4.63. The van der Waals surface area contributed by atoms with Gasteiger partial charge < -0.3 is 10.2 Å². The van der Waals surface area contributed by atoms with Gasteiger partial charge in [-0.05, 0) is 35.9 Å². The molecule has 1 aliphatic heterocycles. The Kier molecular flexibility index (Phi) is 6.59. The summed E-state index contributed by atoms with van der Waals surface area (Å²) < 4.78 is 29.4. The summed E-state index contributed by atoms with van der Waals surface area (Å²) in [5.74, 6) is -1.34. The zero-order valence-electron chi connectivity index (χ0n) is 18.9. The number of aromatic nitrogens is 2. The van der Waals surface area contributed by atoms with Gasteiger partial charge in [-0.2, -0.15) is 0 Å². The maximum absolute atomic E-state index is 13.9. The number of thiophene rings is 1. The lowest BCUT2D eigenvalue weighted by molar-refractivity contribution is -0.125. The van der Waals surface area contributed by atoms with E-state index < -0.39 is 11.6 Å². The van der Waals surface area contributed by atoms with Crippen LogP contribution in [0.25, 0.3) is 10.2 Å². The van der Waals surface area contributed by atoms with Crippen molar-refractivity contribution in [2.45, 2.75) is 25.9 Å². The third-order valence-corrected chi connectivity index (χ3v) is 7.16. The highest BCUT2D eigenvalue weighted by atomic mass is 32.1. The predicted octanol–water partition coefficient (Wildman–Crippen LogP) is 4.32. The number of benzene rings is 2. The molecular weight excluding hydrogens is 470 g/mol. The minimum absolute atomic E-state index is 0.0146. The zero-order valence-corrected chi connectivity index (χ0v) is 19.7. The molecule has 9 heteroatoms. The van der Waals surface area contributed by atoms with Crippen LogP contribution in [0.2, 0.25) is 0 Å². The molecule has 180 valence electrons. The maximum atomic E-state index is 13.9. The van der Waals surface area contributed by atoms with Gasteiger partial charge >= 0.3 is 0 Å². The van der Waals surface area contributed by atoms with Crippen LogP contribution in [0.15, 0.2) is 64.8 Å². The number of anilines is 1. The number of hydrogen-bond acceptors (Lipinski definition) is 5. The van der Waals surface area contributed by atoms with Crippen molar-refractivity contribution in [3.8, 4) is 0 Å². The fourth-order valence-electron chi connectivity index (χ4n) is 4.45. The molecule has 0 saturated carbocycles. The normalized spacial score (nSPS) is 15.9. The van der Waals surface area contributed by atoms with E-state index in [1.54, 1.807) is 4.57 Å². The van der Waals surface area contributed by atoms with Gasteiger partial charge in [0.05, 0.1) is 18.0 Å². The Morgan fingerprint density at radius 2 is 1.97 bits per heavy atom. The maximum Gasteiger partial charge on any atom is 0.273 e. The minimum Gasteiger partial charge on any atom is -0.352 e. The quantitative estimate of drug-likeness (QED) is 0.434. The van der Waals surface area contributed by atoms with E-state index in [2.05, 4.69) is 5.32 Å². The van der Waals surface area contributed by atoms with E-state index in [9.17, 15) is 18.4 Å². The highest BCUT2D eigenvalue weighted by Crippen LogP contribution is 2.25. The Bertz CT molecular complexity index is 1420. The average molecular weight is 495 g/mol. The van der Waals surface area contributed by atoms with Gasteiger partial charge in [-0.15, -0.1) is 11.3 Å². The Labute approximate surface area is 204 Å². The molecule has 0 aliphatic carbocycles. The number of fused-ring (bicyclic) bond motifs is 1. The van der Waals surface area contributed by atoms with Gasteiger partial charge in [0, 0.05) is 31.3 Å². The van der Waals surface area contributed by atoms with Gasteiger partial charge in [-0.25, -0.2) is 13.8 Å². The van der Waals surface area contributed by atoms with Crippen molar-refractivity contribution in [2.75, 3.05) is 18.0 Å². The third kappa shape index (κ3) is 4.95. The summed E-state index contributed by atoms with van der Waals surface area (Å²) >= 11 is 1.37. The average Bonchev–Trinajstić information content (AvgIpc) is 3.35. The predicted molar refractivity (Wildman–Crippen MR) is 133 cm³/mol. The highest BCUT2D eigenvalue weighted by molar-refractivity contribution is 7.17.